The molecule has 2 saturated heterocycles. The Morgan fingerprint density at radius 2 is 2.04 bits per heavy atom. The van der Waals surface area contributed by atoms with Gasteiger partial charge in [0.1, 0.15) is 11.7 Å². The van der Waals surface area contributed by atoms with Crippen molar-refractivity contribution in [3.05, 3.63) is 23.4 Å². The zero-order chi connectivity index (χ0) is 19.9. The van der Waals surface area contributed by atoms with E-state index in [0.717, 1.165) is 5.56 Å². The van der Waals surface area contributed by atoms with Crippen molar-refractivity contribution in [3.8, 4) is 5.88 Å². The van der Waals surface area contributed by atoms with E-state index in [-0.39, 0.29) is 29.9 Å². The lowest BCUT2D eigenvalue weighted by Gasteiger charge is -2.37. The minimum absolute atomic E-state index is 0.128. The molecule has 10 nitrogen and oxygen atoms in total. The molecule has 4 rings (SSSR count). The summed E-state index contributed by atoms with van der Waals surface area (Å²) < 4.78 is 5.72. The van der Waals surface area contributed by atoms with Crippen LogP contribution in [-0.4, -0.2) is 64.5 Å². The number of hydrogen-bond donors (Lipinski definition) is 3. The van der Waals surface area contributed by atoms with Gasteiger partial charge in [-0.25, -0.2) is 9.78 Å². The van der Waals surface area contributed by atoms with Crippen LogP contribution in [0, 0.1) is 0 Å². The van der Waals surface area contributed by atoms with E-state index in [4.69, 9.17) is 9.84 Å². The fourth-order valence-corrected chi connectivity index (χ4v) is 3.97. The molecule has 3 aliphatic heterocycles. The number of fused-ring (bicyclic) bond motifs is 2. The van der Waals surface area contributed by atoms with Crippen LogP contribution >= 0.6 is 0 Å². The minimum Gasteiger partial charge on any atom is -0.476 e. The minimum atomic E-state index is -0.924. The summed E-state index contributed by atoms with van der Waals surface area (Å²) in [6.45, 7) is 1.26. The fraction of sp³-hybridized carbons (Fsp3) is 0.500. The third-order valence-corrected chi connectivity index (χ3v) is 5.69. The highest BCUT2D eigenvalue weighted by Crippen LogP contribution is 2.44. The number of amides is 4. The summed E-state index contributed by atoms with van der Waals surface area (Å²) in [4.78, 5) is 52.3. The predicted octanol–water partition coefficient (Wildman–Crippen LogP) is 0.0206. The topological polar surface area (TPSA) is 138 Å². The lowest BCUT2D eigenvalue weighted by Crippen LogP contribution is -2.52. The van der Waals surface area contributed by atoms with Crippen molar-refractivity contribution in [2.24, 2.45) is 0 Å². The molecule has 1 aromatic heterocycles. The van der Waals surface area contributed by atoms with E-state index in [1.165, 1.54) is 4.90 Å². The largest absolute Gasteiger partial charge is 0.476 e. The van der Waals surface area contributed by atoms with Gasteiger partial charge in [-0.15, -0.1) is 0 Å². The molecule has 2 fully saturated rings. The van der Waals surface area contributed by atoms with Crippen molar-refractivity contribution >= 4 is 23.8 Å². The number of hydrogen-bond acceptors (Lipinski definition) is 6. The second-order valence-corrected chi connectivity index (χ2v) is 7.36. The lowest BCUT2D eigenvalue weighted by atomic mass is 9.75. The molecule has 0 saturated carbocycles. The number of carboxylic acid groups (broad SMARTS) is 1. The molecule has 0 bridgehead atoms. The number of nitrogens with one attached hydrogen (secondary N) is 2. The van der Waals surface area contributed by atoms with E-state index in [9.17, 15) is 19.2 Å². The number of ether oxygens (including phenoxy) is 1. The maximum absolute atomic E-state index is 12.5. The van der Waals surface area contributed by atoms with Gasteiger partial charge in [0.25, 0.3) is 5.91 Å². The Bertz CT molecular complexity index is 862. The van der Waals surface area contributed by atoms with Crippen molar-refractivity contribution in [2.75, 3.05) is 19.7 Å². The molecule has 3 N–H and O–H groups in total. The molecule has 0 unspecified atom stereocenters. The van der Waals surface area contributed by atoms with Crippen molar-refractivity contribution in [1.82, 2.24) is 20.5 Å². The van der Waals surface area contributed by atoms with Crippen molar-refractivity contribution in [1.29, 1.82) is 0 Å². The van der Waals surface area contributed by atoms with Crippen LogP contribution in [0.15, 0.2) is 12.1 Å². The van der Waals surface area contributed by atoms with Crippen molar-refractivity contribution in [3.63, 3.8) is 0 Å². The number of nitrogens with zero attached hydrogens (tertiary/aromatic N) is 2. The molecule has 0 radical (unpaired) electrons. The van der Waals surface area contributed by atoms with Gasteiger partial charge in [0, 0.05) is 30.5 Å². The molecular formula is C18H20N4O6. The lowest BCUT2D eigenvalue weighted by molar-refractivity contribution is -0.134. The van der Waals surface area contributed by atoms with Gasteiger partial charge in [-0.3, -0.25) is 19.7 Å². The number of rotatable bonds is 2. The molecule has 4 amide bonds. The number of aromatic nitrogens is 1. The summed E-state index contributed by atoms with van der Waals surface area (Å²) in [5, 5.41) is 13.9. The Kier molecular flexibility index (Phi) is 4.40. The van der Waals surface area contributed by atoms with E-state index in [1.54, 1.807) is 12.1 Å². The summed E-state index contributed by atoms with van der Waals surface area (Å²) in [5.74, 6) is -1.01. The van der Waals surface area contributed by atoms with Gasteiger partial charge in [0.15, 0.2) is 0 Å². The number of piperidine rings is 2. The van der Waals surface area contributed by atoms with Crippen LogP contribution in [0.25, 0.3) is 0 Å². The fourth-order valence-electron chi connectivity index (χ4n) is 3.97. The van der Waals surface area contributed by atoms with Gasteiger partial charge in [0.2, 0.25) is 17.7 Å². The first-order valence-corrected chi connectivity index (χ1v) is 9.15. The van der Waals surface area contributed by atoms with Gasteiger partial charge in [-0.1, -0.05) is 6.07 Å². The van der Waals surface area contributed by atoms with Gasteiger partial charge in [0.05, 0.1) is 6.61 Å². The van der Waals surface area contributed by atoms with Crippen LogP contribution in [0.2, 0.25) is 0 Å². The average molecular weight is 388 g/mol. The second-order valence-electron chi connectivity index (χ2n) is 7.36. The highest BCUT2D eigenvalue weighted by atomic mass is 16.5. The van der Waals surface area contributed by atoms with E-state index < -0.39 is 23.9 Å². The van der Waals surface area contributed by atoms with E-state index in [1.807, 2.05) is 0 Å². The normalized spacial score (nSPS) is 23.0. The summed E-state index contributed by atoms with van der Waals surface area (Å²) in [6.07, 6.45) is 0.771. The zero-order valence-electron chi connectivity index (χ0n) is 15.1. The van der Waals surface area contributed by atoms with Crippen LogP contribution in [0.5, 0.6) is 5.88 Å². The maximum atomic E-state index is 12.5. The molecule has 1 spiro atoms. The number of pyridine rings is 1. The first-order chi connectivity index (χ1) is 13.4. The van der Waals surface area contributed by atoms with Crippen LogP contribution in [-0.2, 0) is 15.0 Å². The SMILES string of the molecule is O=C1CC[C@H](NC(=O)c2ccc3c(n2)OCC32CCN(C(=O)O)CC2)C(=O)N1. The second kappa shape index (κ2) is 6.77. The highest BCUT2D eigenvalue weighted by Gasteiger charge is 2.45. The van der Waals surface area contributed by atoms with E-state index >= 15 is 0 Å². The molecule has 28 heavy (non-hydrogen) atoms. The Labute approximate surface area is 160 Å². The molecule has 0 aromatic carbocycles. The summed E-state index contributed by atoms with van der Waals surface area (Å²) >= 11 is 0. The first kappa shape index (κ1) is 18.2. The molecule has 0 aliphatic carbocycles. The third-order valence-electron chi connectivity index (χ3n) is 5.69. The standard InChI is InChI=1S/C18H20N4O6/c23-13-4-3-11(15(25)21-13)19-14(24)12-2-1-10-16(20-12)28-9-18(10)5-7-22(8-6-18)17(26)27/h1-2,11H,3-9H2,(H,19,24)(H,26,27)(H,21,23,25)/t11-/m0/s1. The number of likely N-dealkylation sites (tertiary alicyclic amines) is 1. The van der Waals surface area contributed by atoms with Gasteiger partial charge >= 0.3 is 6.09 Å². The van der Waals surface area contributed by atoms with Gasteiger partial charge < -0.3 is 20.1 Å². The molecule has 1 atom stereocenters. The van der Waals surface area contributed by atoms with Gasteiger partial charge in [-0.05, 0) is 25.3 Å². The Morgan fingerprint density at radius 3 is 2.71 bits per heavy atom. The predicted molar refractivity (Wildman–Crippen MR) is 93.9 cm³/mol. The number of imide groups is 1. The molecular weight excluding hydrogens is 368 g/mol. The highest BCUT2D eigenvalue weighted by molar-refractivity contribution is 6.03. The molecule has 1 aromatic rings. The average Bonchev–Trinajstić information content (AvgIpc) is 3.02. The Balaban J connectivity index is 1.46. The van der Waals surface area contributed by atoms with Crippen LogP contribution in [0.1, 0.15) is 41.7 Å². The van der Waals surface area contributed by atoms with Crippen molar-refractivity contribution in [2.45, 2.75) is 37.1 Å². The van der Waals surface area contributed by atoms with Crippen LogP contribution < -0.4 is 15.4 Å². The number of carbonyl (C=O) groups is 4. The quantitative estimate of drug-likeness (QED) is 0.607. The maximum Gasteiger partial charge on any atom is 0.407 e. The van der Waals surface area contributed by atoms with Gasteiger partial charge in [-0.2, -0.15) is 0 Å². The smallest absolute Gasteiger partial charge is 0.407 e. The van der Waals surface area contributed by atoms with Crippen LogP contribution in [0.4, 0.5) is 4.79 Å². The Hall–Kier alpha value is -3.17. The Morgan fingerprint density at radius 1 is 1.29 bits per heavy atom. The molecule has 10 heteroatoms. The molecule has 4 heterocycles. The zero-order valence-corrected chi connectivity index (χ0v) is 15.1. The monoisotopic (exact) mass is 388 g/mol. The molecule has 148 valence electrons. The number of carbonyl (C=O) groups excluding carboxylic acids is 3. The first-order valence-electron chi connectivity index (χ1n) is 9.15. The summed E-state index contributed by atoms with van der Waals surface area (Å²) in [7, 11) is 0. The summed E-state index contributed by atoms with van der Waals surface area (Å²) in [5.41, 5.74) is 0.728. The molecule has 3 aliphatic rings. The third kappa shape index (κ3) is 3.14. The summed E-state index contributed by atoms with van der Waals surface area (Å²) in [6, 6.07) is 2.61. The van der Waals surface area contributed by atoms with E-state index in [0.29, 0.717) is 38.4 Å². The van der Waals surface area contributed by atoms with E-state index in [2.05, 4.69) is 15.6 Å². The van der Waals surface area contributed by atoms with Crippen molar-refractivity contribution < 1.29 is 29.0 Å². The van der Waals surface area contributed by atoms with Crippen LogP contribution in [0.3, 0.4) is 0 Å².